The van der Waals surface area contributed by atoms with E-state index < -0.39 is 11.4 Å². The number of aromatic nitrogens is 2. The Kier molecular flexibility index (Phi) is 4.09. The van der Waals surface area contributed by atoms with Crippen molar-refractivity contribution in [1.29, 1.82) is 0 Å². The number of hydrogen-bond acceptors (Lipinski definition) is 5. The van der Waals surface area contributed by atoms with Crippen molar-refractivity contribution < 1.29 is 18.0 Å². The molecular weight excluding hydrogens is 335 g/mol. The lowest BCUT2D eigenvalue weighted by molar-refractivity contribution is -0.0328. The number of thioether (sulfide) groups is 1. The lowest BCUT2D eigenvalue weighted by atomic mass is 10.2. The Morgan fingerprint density at radius 1 is 1.23 bits per heavy atom. The Bertz CT molecular complexity index is 681. The highest BCUT2D eigenvalue weighted by atomic mass is 32.2. The van der Waals surface area contributed by atoms with Crippen LogP contribution in [0.4, 0.5) is 18.3 Å². The maximum Gasteiger partial charge on any atom is 0.446 e. The first-order chi connectivity index (χ1) is 10.4. The molecule has 1 aromatic heterocycles. The zero-order chi connectivity index (χ0) is 15.7. The van der Waals surface area contributed by atoms with Gasteiger partial charge in [0.2, 0.25) is 5.13 Å². The molecule has 4 nitrogen and oxygen atoms in total. The molecule has 0 radical (unpaired) electrons. The topological polar surface area (TPSA) is 54.9 Å². The molecule has 116 valence electrons. The highest BCUT2D eigenvalue weighted by Gasteiger charge is 2.29. The molecule has 9 heteroatoms. The first-order valence-corrected chi connectivity index (χ1v) is 8.04. The van der Waals surface area contributed by atoms with Crippen LogP contribution in [-0.2, 0) is 0 Å². The maximum absolute atomic E-state index is 12.2. The largest absolute Gasteiger partial charge is 0.446 e. The Labute approximate surface area is 132 Å². The predicted molar refractivity (Wildman–Crippen MR) is 78.2 cm³/mol. The molecule has 0 unspecified atom stereocenters. The van der Waals surface area contributed by atoms with Gasteiger partial charge in [-0.3, -0.25) is 10.1 Å². The zero-order valence-electron chi connectivity index (χ0n) is 11.1. The number of carbonyl (C=O) groups excluding carboxylic acids is 1. The van der Waals surface area contributed by atoms with Crippen molar-refractivity contribution in [2.45, 2.75) is 29.2 Å². The van der Waals surface area contributed by atoms with Gasteiger partial charge in [0, 0.05) is 16.4 Å². The summed E-state index contributed by atoms with van der Waals surface area (Å²) in [4.78, 5) is 12.0. The van der Waals surface area contributed by atoms with Crippen LogP contribution in [0.1, 0.15) is 34.1 Å². The second kappa shape index (κ2) is 5.88. The van der Waals surface area contributed by atoms with Gasteiger partial charge in [0.1, 0.15) is 5.01 Å². The van der Waals surface area contributed by atoms with E-state index in [1.165, 1.54) is 35.6 Å². The van der Waals surface area contributed by atoms with Gasteiger partial charge in [-0.1, -0.05) is 11.3 Å². The first-order valence-electron chi connectivity index (χ1n) is 6.41. The summed E-state index contributed by atoms with van der Waals surface area (Å²) in [7, 11) is 0. The third kappa shape index (κ3) is 3.98. The van der Waals surface area contributed by atoms with Crippen molar-refractivity contribution in [3.63, 3.8) is 0 Å². The van der Waals surface area contributed by atoms with Crippen LogP contribution in [0.15, 0.2) is 29.2 Å². The molecule has 1 aliphatic carbocycles. The van der Waals surface area contributed by atoms with Crippen molar-refractivity contribution in [1.82, 2.24) is 10.2 Å². The molecular formula is C13H10F3N3OS2. The standard InChI is InChI=1S/C13H10F3N3OS2/c14-13(15,16)22-9-5-3-7(4-6-9)10(20)17-12-19-18-11(21-12)8-1-2-8/h3-6,8H,1-2H2,(H,17,19,20). The monoisotopic (exact) mass is 345 g/mol. The van der Waals surface area contributed by atoms with Crippen molar-refractivity contribution in [3.05, 3.63) is 34.8 Å². The lowest BCUT2D eigenvalue weighted by Gasteiger charge is -2.06. The fourth-order valence-electron chi connectivity index (χ4n) is 1.76. The molecule has 0 bridgehead atoms. The first kappa shape index (κ1) is 15.3. The molecule has 2 aromatic rings. The van der Waals surface area contributed by atoms with Gasteiger partial charge in [-0.2, -0.15) is 13.2 Å². The van der Waals surface area contributed by atoms with E-state index in [0.717, 1.165) is 17.8 Å². The minimum atomic E-state index is -4.34. The average Bonchev–Trinajstić information content (AvgIpc) is 3.19. The number of carbonyl (C=O) groups is 1. The smallest absolute Gasteiger partial charge is 0.296 e. The molecule has 1 amide bonds. The summed E-state index contributed by atoms with van der Waals surface area (Å²) in [6.07, 6.45) is 2.20. The lowest BCUT2D eigenvalue weighted by Crippen LogP contribution is -2.11. The molecule has 1 N–H and O–H groups in total. The summed E-state index contributed by atoms with van der Waals surface area (Å²) in [5.74, 6) is 0.0453. The second-order valence-corrected chi connectivity index (χ2v) is 6.89. The van der Waals surface area contributed by atoms with E-state index in [9.17, 15) is 18.0 Å². The summed E-state index contributed by atoms with van der Waals surface area (Å²) in [5.41, 5.74) is -4.06. The van der Waals surface area contributed by atoms with E-state index in [1.54, 1.807) is 0 Å². The van der Waals surface area contributed by atoms with Crippen LogP contribution in [0.5, 0.6) is 0 Å². The van der Waals surface area contributed by atoms with Crippen LogP contribution in [0.3, 0.4) is 0 Å². The number of benzene rings is 1. The van der Waals surface area contributed by atoms with Crippen LogP contribution in [0.2, 0.25) is 0 Å². The molecule has 1 aromatic carbocycles. The SMILES string of the molecule is O=C(Nc1nnc(C2CC2)s1)c1ccc(SC(F)(F)F)cc1. The Morgan fingerprint density at radius 2 is 1.91 bits per heavy atom. The Morgan fingerprint density at radius 3 is 2.50 bits per heavy atom. The summed E-state index contributed by atoms with van der Waals surface area (Å²) >= 11 is 1.12. The fraction of sp³-hybridized carbons (Fsp3) is 0.308. The predicted octanol–water partition coefficient (Wildman–Crippen LogP) is 4.28. The molecule has 0 atom stereocenters. The van der Waals surface area contributed by atoms with E-state index in [2.05, 4.69) is 15.5 Å². The molecule has 1 aliphatic rings. The molecule has 1 fully saturated rings. The quantitative estimate of drug-likeness (QED) is 0.841. The number of rotatable bonds is 4. The van der Waals surface area contributed by atoms with Gasteiger partial charge < -0.3 is 0 Å². The molecule has 1 heterocycles. The van der Waals surface area contributed by atoms with Crippen molar-refractivity contribution in [2.75, 3.05) is 5.32 Å². The molecule has 1 saturated carbocycles. The number of alkyl halides is 3. The van der Waals surface area contributed by atoms with Crippen molar-refractivity contribution >= 4 is 34.1 Å². The zero-order valence-corrected chi connectivity index (χ0v) is 12.7. The van der Waals surface area contributed by atoms with Crippen LogP contribution >= 0.6 is 23.1 Å². The van der Waals surface area contributed by atoms with Gasteiger partial charge in [0.25, 0.3) is 5.91 Å². The number of nitrogens with one attached hydrogen (secondary N) is 1. The van der Waals surface area contributed by atoms with Gasteiger partial charge in [0.05, 0.1) is 0 Å². The van der Waals surface area contributed by atoms with Crippen LogP contribution in [-0.4, -0.2) is 21.6 Å². The molecule has 3 rings (SSSR count). The van der Waals surface area contributed by atoms with Crippen LogP contribution in [0, 0.1) is 0 Å². The number of halogens is 3. The number of nitrogens with zero attached hydrogens (tertiary/aromatic N) is 2. The van der Waals surface area contributed by atoms with Gasteiger partial charge in [-0.05, 0) is 48.9 Å². The van der Waals surface area contributed by atoms with Crippen LogP contribution in [0.25, 0.3) is 0 Å². The molecule has 0 saturated heterocycles. The maximum atomic E-state index is 12.2. The summed E-state index contributed by atoms with van der Waals surface area (Å²) in [6, 6.07) is 5.24. The minimum absolute atomic E-state index is 0.0379. The van der Waals surface area contributed by atoms with Gasteiger partial charge >= 0.3 is 5.51 Å². The summed E-state index contributed by atoms with van der Waals surface area (Å²) < 4.78 is 36.7. The van der Waals surface area contributed by atoms with E-state index in [1.807, 2.05) is 0 Å². The molecule has 22 heavy (non-hydrogen) atoms. The third-order valence-electron chi connectivity index (χ3n) is 2.94. The second-order valence-electron chi connectivity index (χ2n) is 4.75. The third-order valence-corrected chi connectivity index (χ3v) is 4.68. The highest BCUT2D eigenvalue weighted by molar-refractivity contribution is 8.00. The summed E-state index contributed by atoms with van der Waals surface area (Å²) in [5, 5.41) is 11.8. The molecule has 0 spiro atoms. The Balaban J connectivity index is 1.63. The van der Waals surface area contributed by atoms with Crippen molar-refractivity contribution in [2.24, 2.45) is 0 Å². The minimum Gasteiger partial charge on any atom is -0.296 e. The molecule has 0 aliphatic heterocycles. The van der Waals surface area contributed by atoms with E-state index in [-0.39, 0.29) is 22.2 Å². The van der Waals surface area contributed by atoms with Gasteiger partial charge in [0.15, 0.2) is 0 Å². The van der Waals surface area contributed by atoms with Crippen molar-refractivity contribution in [3.8, 4) is 0 Å². The normalized spacial score (nSPS) is 14.9. The highest BCUT2D eigenvalue weighted by Crippen LogP contribution is 2.42. The van der Waals surface area contributed by atoms with Crippen LogP contribution < -0.4 is 5.32 Å². The summed E-state index contributed by atoms with van der Waals surface area (Å²) in [6.45, 7) is 0. The van der Waals surface area contributed by atoms with Gasteiger partial charge in [-0.25, -0.2) is 0 Å². The van der Waals surface area contributed by atoms with E-state index >= 15 is 0 Å². The number of anilines is 1. The van der Waals surface area contributed by atoms with Gasteiger partial charge in [-0.15, -0.1) is 10.2 Å². The van der Waals surface area contributed by atoms with E-state index in [0.29, 0.717) is 11.0 Å². The average molecular weight is 345 g/mol. The fourth-order valence-corrected chi connectivity index (χ4v) is 3.20. The number of hydrogen-bond donors (Lipinski definition) is 1. The Hall–Kier alpha value is -1.61. The number of amides is 1. The van der Waals surface area contributed by atoms with E-state index in [4.69, 9.17) is 0 Å².